The normalized spacial score (nSPS) is 10.5. The Bertz CT molecular complexity index is 1060. The molecule has 162 valence electrons. The molecule has 2 N–H and O–H groups in total. The molecule has 1 aromatic heterocycles. The molecule has 0 aliphatic rings. The number of thioether (sulfide) groups is 1. The van der Waals surface area contributed by atoms with Crippen LogP contribution < -0.4 is 15.4 Å². The van der Waals surface area contributed by atoms with E-state index >= 15 is 0 Å². The number of aromatic nitrogens is 3. The number of nitrogens with zero attached hydrogens (tertiary/aromatic N) is 3. The fourth-order valence-corrected chi connectivity index (χ4v) is 3.57. The van der Waals surface area contributed by atoms with E-state index < -0.39 is 0 Å². The number of nitrogens with one attached hydrogen (secondary N) is 2. The van der Waals surface area contributed by atoms with Gasteiger partial charge in [-0.3, -0.25) is 14.2 Å². The largest absolute Gasteiger partial charge is 0.497 e. The van der Waals surface area contributed by atoms with E-state index in [1.165, 1.54) is 11.8 Å². The van der Waals surface area contributed by atoms with Gasteiger partial charge in [-0.1, -0.05) is 29.4 Å². The van der Waals surface area contributed by atoms with Crippen molar-refractivity contribution in [2.75, 3.05) is 26.0 Å². The molecule has 0 atom stereocenters. The van der Waals surface area contributed by atoms with Gasteiger partial charge in [0.25, 0.3) is 5.91 Å². The Hall–Kier alpha value is -3.04. The number of ether oxygens (including phenoxy) is 1. The molecule has 0 saturated carbocycles. The number of carbonyl (C=O) groups excluding carboxylic acids is 2. The molecular weight excluding hydrogens is 438 g/mol. The van der Waals surface area contributed by atoms with Crippen molar-refractivity contribution in [2.45, 2.75) is 12.1 Å². The quantitative estimate of drug-likeness (QED) is 0.377. The lowest BCUT2D eigenvalue weighted by molar-refractivity contribution is -0.118. The van der Waals surface area contributed by atoms with Gasteiger partial charge in [-0.05, 0) is 48.9 Å². The first kappa shape index (κ1) is 22.6. The maximum atomic E-state index is 12.1. The molecule has 0 aliphatic carbocycles. The predicted molar refractivity (Wildman–Crippen MR) is 120 cm³/mol. The summed E-state index contributed by atoms with van der Waals surface area (Å²) in [5, 5.41) is 14.8. The second-order valence-electron chi connectivity index (χ2n) is 6.54. The Morgan fingerprint density at radius 1 is 1.13 bits per heavy atom. The molecule has 2 amide bonds. The molecule has 2 aromatic carbocycles. The van der Waals surface area contributed by atoms with Crippen LogP contribution in [0.3, 0.4) is 0 Å². The van der Waals surface area contributed by atoms with Crippen LogP contribution in [0.15, 0.2) is 53.9 Å². The van der Waals surface area contributed by atoms with Crippen LogP contribution in [-0.2, 0) is 4.79 Å². The molecule has 0 radical (unpaired) electrons. The second-order valence-corrected chi connectivity index (χ2v) is 7.89. The zero-order valence-corrected chi connectivity index (χ0v) is 18.7. The van der Waals surface area contributed by atoms with Gasteiger partial charge in [-0.25, -0.2) is 0 Å². The molecule has 31 heavy (non-hydrogen) atoms. The third kappa shape index (κ3) is 6.22. The van der Waals surface area contributed by atoms with Crippen molar-refractivity contribution >= 4 is 35.2 Å². The third-order valence-corrected chi connectivity index (χ3v) is 5.72. The Labute approximate surface area is 189 Å². The van der Waals surface area contributed by atoms with E-state index in [4.69, 9.17) is 16.3 Å². The van der Waals surface area contributed by atoms with E-state index in [1.807, 2.05) is 25.1 Å². The van der Waals surface area contributed by atoms with E-state index in [1.54, 1.807) is 42.3 Å². The number of aryl methyl sites for hydroxylation is 1. The topological polar surface area (TPSA) is 98.1 Å². The monoisotopic (exact) mass is 459 g/mol. The van der Waals surface area contributed by atoms with Gasteiger partial charge in [-0.2, -0.15) is 0 Å². The molecule has 3 aromatic rings. The summed E-state index contributed by atoms with van der Waals surface area (Å²) in [6.07, 6.45) is 1.58. The average molecular weight is 460 g/mol. The maximum absolute atomic E-state index is 12.1. The summed E-state index contributed by atoms with van der Waals surface area (Å²) in [5.74, 6) is 0.476. The molecule has 3 rings (SSSR count). The smallest absolute Gasteiger partial charge is 0.251 e. The van der Waals surface area contributed by atoms with Crippen molar-refractivity contribution in [1.82, 2.24) is 25.4 Å². The van der Waals surface area contributed by atoms with Crippen molar-refractivity contribution in [3.63, 3.8) is 0 Å². The molecule has 0 spiro atoms. The van der Waals surface area contributed by atoms with E-state index in [0.717, 1.165) is 11.3 Å². The zero-order valence-electron chi connectivity index (χ0n) is 17.1. The highest BCUT2D eigenvalue weighted by Gasteiger charge is 2.11. The molecule has 0 aliphatic heterocycles. The van der Waals surface area contributed by atoms with Gasteiger partial charge >= 0.3 is 0 Å². The van der Waals surface area contributed by atoms with Crippen molar-refractivity contribution in [2.24, 2.45) is 0 Å². The summed E-state index contributed by atoms with van der Waals surface area (Å²) in [5.41, 5.74) is 2.33. The summed E-state index contributed by atoms with van der Waals surface area (Å²) < 4.78 is 6.85. The number of carbonyl (C=O) groups is 2. The van der Waals surface area contributed by atoms with Gasteiger partial charge in [-0.15, -0.1) is 10.2 Å². The fourth-order valence-electron chi connectivity index (χ4n) is 2.64. The maximum Gasteiger partial charge on any atom is 0.251 e. The number of methoxy groups -OCH3 is 1. The Morgan fingerprint density at radius 2 is 1.87 bits per heavy atom. The fraction of sp³-hybridized carbons (Fsp3) is 0.238. The average Bonchev–Trinajstić information content (AvgIpc) is 3.25. The summed E-state index contributed by atoms with van der Waals surface area (Å²) in [6.45, 7) is 2.57. The van der Waals surface area contributed by atoms with Gasteiger partial charge in [0.1, 0.15) is 12.1 Å². The van der Waals surface area contributed by atoms with Gasteiger partial charge in [0.15, 0.2) is 5.16 Å². The van der Waals surface area contributed by atoms with Crippen LogP contribution >= 0.6 is 23.4 Å². The summed E-state index contributed by atoms with van der Waals surface area (Å²) >= 11 is 7.46. The number of hydrogen-bond acceptors (Lipinski definition) is 6. The molecule has 1 heterocycles. The van der Waals surface area contributed by atoms with Gasteiger partial charge in [0, 0.05) is 23.7 Å². The summed E-state index contributed by atoms with van der Waals surface area (Å²) in [7, 11) is 1.57. The van der Waals surface area contributed by atoms with Crippen LogP contribution in [0.25, 0.3) is 5.69 Å². The molecule has 0 fully saturated rings. The highest BCUT2D eigenvalue weighted by molar-refractivity contribution is 7.99. The lowest BCUT2D eigenvalue weighted by Gasteiger charge is -2.09. The molecule has 8 nitrogen and oxygen atoms in total. The number of hydrogen-bond donors (Lipinski definition) is 2. The molecule has 0 bridgehead atoms. The van der Waals surface area contributed by atoms with Crippen LogP contribution in [0.1, 0.15) is 15.9 Å². The number of rotatable bonds is 9. The second kappa shape index (κ2) is 10.8. The van der Waals surface area contributed by atoms with E-state index in [0.29, 0.717) is 34.6 Å². The predicted octanol–water partition coefficient (Wildman–Crippen LogP) is 2.88. The lowest BCUT2D eigenvalue weighted by atomic mass is 10.2. The number of halogens is 1. The Balaban J connectivity index is 1.42. The van der Waals surface area contributed by atoms with Crippen molar-refractivity contribution in [3.8, 4) is 11.4 Å². The molecule has 10 heteroatoms. The highest BCUT2D eigenvalue weighted by Crippen LogP contribution is 2.23. The molecular formula is C21H22ClN5O3S. The number of amides is 2. The highest BCUT2D eigenvalue weighted by atomic mass is 35.5. The minimum absolute atomic E-state index is 0.166. The molecule has 0 saturated heterocycles. The Kier molecular flexibility index (Phi) is 7.91. The minimum atomic E-state index is -0.212. The first-order chi connectivity index (χ1) is 15.0. The van der Waals surface area contributed by atoms with Crippen LogP contribution in [0.2, 0.25) is 5.02 Å². The van der Waals surface area contributed by atoms with Crippen LogP contribution in [0, 0.1) is 6.92 Å². The van der Waals surface area contributed by atoms with E-state index in [-0.39, 0.29) is 17.6 Å². The van der Waals surface area contributed by atoms with Crippen molar-refractivity contribution in [1.29, 1.82) is 0 Å². The van der Waals surface area contributed by atoms with E-state index in [9.17, 15) is 9.59 Å². The van der Waals surface area contributed by atoms with Crippen molar-refractivity contribution < 1.29 is 14.3 Å². The van der Waals surface area contributed by atoms with Gasteiger partial charge in [0.2, 0.25) is 5.91 Å². The lowest BCUT2D eigenvalue weighted by Crippen LogP contribution is -2.35. The first-order valence-electron chi connectivity index (χ1n) is 9.46. The third-order valence-electron chi connectivity index (χ3n) is 4.37. The van der Waals surface area contributed by atoms with E-state index in [2.05, 4.69) is 20.8 Å². The minimum Gasteiger partial charge on any atom is -0.497 e. The summed E-state index contributed by atoms with van der Waals surface area (Å²) in [4.78, 5) is 24.2. The van der Waals surface area contributed by atoms with Gasteiger partial charge < -0.3 is 15.4 Å². The number of benzene rings is 2. The van der Waals surface area contributed by atoms with Crippen LogP contribution in [0.4, 0.5) is 0 Å². The van der Waals surface area contributed by atoms with Crippen LogP contribution in [0.5, 0.6) is 5.75 Å². The standard InChI is InChI=1S/C21H22ClN5O3S/c1-14-3-6-16(11-18(14)22)27-13-25-26-21(27)31-12-19(28)23-9-10-24-20(29)15-4-7-17(30-2)8-5-15/h3-8,11,13H,9-10,12H2,1-2H3,(H,23,28)(H,24,29). The molecule has 0 unspecified atom stereocenters. The zero-order chi connectivity index (χ0) is 22.2. The Morgan fingerprint density at radius 3 is 2.58 bits per heavy atom. The van der Waals surface area contributed by atoms with Crippen molar-refractivity contribution in [3.05, 3.63) is 64.9 Å². The summed E-state index contributed by atoms with van der Waals surface area (Å²) in [6, 6.07) is 12.5. The first-order valence-corrected chi connectivity index (χ1v) is 10.8. The van der Waals surface area contributed by atoms with Gasteiger partial charge in [0.05, 0.1) is 18.6 Å². The van der Waals surface area contributed by atoms with Crippen LogP contribution in [-0.4, -0.2) is 52.5 Å². The SMILES string of the molecule is COc1ccc(C(=O)NCCNC(=O)CSc2nncn2-c2ccc(C)c(Cl)c2)cc1.